The summed E-state index contributed by atoms with van der Waals surface area (Å²) < 4.78 is 0. The smallest absolute Gasteiger partial charge is 0.337 e. The minimum Gasteiger partial charge on any atom is -0.481 e. The van der Waals surface area contributed by atoms with Crippen LogP contribution in [0.2, 0.25) is 0 Å². The Morgan fingerprint density at radius 2 is 0.639 bits per heavy atom. The van der Waals surface area contributed by atoms with Crippen LogP contribution < -0.4 is 0 Å². The Kier molecular flexibility index (Phi) is 13.5. The number of carboxylic acids is 8. The van der Waals surface area contributed by atoms with Gasteiger partial charge in [-0.1, -0.05) is 0 Å². The SMILES string of the molecule is O=C(O)CCC1=C(CC(=O)O)C2=NC1=CC1=NC(=CC3=NC(=CC4=NC(=C2)C(CCC(=O)O)=C4CC(=O)O)C(CCC(=O)O)=C3C(O)C(=O)O)C(CCC(=O)O)=C1CC(=O)O. The van der Waals surface area contributed by atoms with Gasteiger partial charge in [-0.3, -0.25) is 33.6 Å². The van der Waals surface area contributed by atoms with E-state index in [1.165, 1.54) is 18.2 Å². The first-order chi connectivity index (χ1) is 28.7. The van der Waals surface area contributed by atoms with Gasteiger partial charge in [0, 0.05) is 31.3 Å². The van der Waals surface area contributed by atoms with Crippen molar-refractivity contribution < 1.29 is 84.3 Å². The summed E-state index contributed by atoms with van der Waals surface area (Å²) in [6.45, 7) is 0. The van der Waals surface area contributed by atoms with Gasteiger partial charge < -0.3 is 46.0 Å². The molecule has 21 nitrogen and oxygen atoms in total. The number of rotatable bonds is 20. The number of carboxylic acid groups (broad SMARTS) is 8. The molecule has 21 heteroatoms. The largest absolute Gasteiger partial charge is 0.481 e. The molecule has 61 heavy (non-hydrogen) atoms. The van der Waals surface area contributed by atoms with Crippen LogP contribution in [0.1, 0.15) is 70.6 Å². The van der Waals surface area contributed by atoms with E-state index in [4.69, 9.17) is 0 Å². The number of aliphatic imine (C=N–C) groups is 4. The third-order valence-corrected chi connectivity index (χ3v) is 9.76. The van der Waals surface area contributed by atoms with E-state index >= 15 is 0 Å². The molecule has 0 spiro atoms. The number of allylic oxidation sites excluding steroid dienone is 8. The molecule has 318 valence electrons. The monoisotopic (exact) mass is 844 g/mol. The van der Waals surface area contributed by atoms with Crippen molar-refractivity contribution in [2.24, 2.45) is 20.0 Å². The standard InChI is InChI=1S/C40H36N4O17/c45-31(46)5-1-16-20(9-35(53)54)27-12-24-17(2-6-32(47)48)21(10-36(55)56)29(42-24)14-26-19(4-8-34(51)52)38(39(59)40(60)61)30(44-26)15-25-18(3-7-33(49)50)22(11-37(57)58)28(43-25)13-23(16)41-27/h12-15,39,59H,1-11H2,(H,45,46)(H,47,48)(H,49,50)(H,51,52)(H,53,54)(H,55,56)(H,57,58)(H,60,61). The van der Waals surface area contributed by atoms with Crippen LogP contribution in [0.25, 0.3) is 0 Å². The van der Waals surface area contributed by atoms with Gasteiger partial charge in [0.25, 0.3) is 0 Å². The van der Waals surface area contributed by atoms with Crippen molar-refractivity contribution in [1.82, 2.24) is 0 Å². The molecule has 5 aliphatic rings. The van der Waals surface area contributed by atoms with E-state index in [-0.39, 0.29) is 104 Å². The van der Waals surface area contributed by atoms with E-state index in [2.05, 4.69) is 20.0 Å². The highest BCUT2D eigenvalue weighted by Gasteiger charge is 2.36. The first-order valence-electron chi connectivity index (χ1n) is 18.3. The van der Waals surface area contributed by atoms with Gasteiger partial charge in [-0.15, -0.1) is 0 Å². The number of aliphatic carboxylic acids is 8. The molecule has 1 unspecified atom stereocenters. The number of fused-ring (bicyclic) bond motifs is 4. The van der Waals surface area contributed by atoms with Gasteiger partial charge in [-0.25, -0.2) is 24.8 Å². The highest BCUT2D eigenvalue weighted by atomic mass is 16.4. The Hall–Kier alpha value is -7.68. The van der Waals surface area contributed by atoms with Gasteiger partial charge in [-0.2, -0.15) is 0 Å². The van der Waals surface area contributed by atoms with E-state index in [1.807, 2.05) is 0 Å². The minimum atomic E-state index is -2.37. The van der Waals surface area contributed by atoms with Crippen LogP contribution in [0.3, 0.4) is 0 Å². The van der Waals surface area contributed by atoms with E-state index < -0.39 is 111 Å². The third-order valence-electron chi connectivity index (χ3n) is 9.76. The van der Waals surface area contributed by atoms with Gasteiger partial charge >= 0.3 is 47.8 Å². The molecule has 5 heterocycles. The zero-order valence-corrected chi connectivity index (χ0v) is 31.7. The molecule has 1 atom stereocenters. The van der Waals surface area contributed by atoms with Gasteiger partial charge in [0.2, 0.25) is 0 Å². The maximum atomic E-state index is 12.4. The molecule has 5 rings (SSSR count). The summed E-state index contributed by atoms with van der Waals surface area (Å²) in [6.07, 6.45) is -3.60. The number of hydrogen-bond donors (Lipinski definition) is 9. The van der Waals surface area contributed by atoms with Crippen LogP contribution in [0, 0.1) is 0 Å². The van der Waals surface area contributed by atoms with Crippen molar-refractivity contribution in [2.75, 3.05) is 0 Å². The van der Waals surface area contributed by atoms with E-state index in [0.717, 1.165) is 6.08 Å². The van der Waals surface area contributed by atoms with Gasteiger partial charge in [0.05, 0.1) is 64.9 Å². The maximum Gasteiger partial charge on any atom is 0.337 e. The van der Waals surface area contributed by atoms with Crippen LogP contribution in [-0.2, 0) is 38.4 Å². The molecular weight excluding hydrogens is 808 g/mol. The molecule has 0 fully saturated rings. The second-order valence-corrected chi connectivity index (χ2v) is 13.9. The summed E-state index contributed by atoms with van der Waals surface area (Å²) in [5.41, 5.74) is -1.82. The van der Waals surface area contributed by atoms with Crippen LogP contribution in [-0.4, -0.2) is 123 Å². The van der Waals surface area contributed by atoms with Gasteiger partial charge in [0.15, 0.2) is 6.10 Å². The summed E-state index contributed by atoms with van der Waals surface area (Å²) >= 11 is 0. The minimum absolute atomic E-state index is 0.0174. The lowest BCUT2D eigenvalue weighted by Gasteiger charge is -2.13. The molecule has 9 N–H and O–H groups in total. The molecule has 8 bridgehead atoms. The molecule has 0 aliphatic carbocycles. The fraction of sp³-hybridized carbons (Fsp3) is 0.300. The molecule has 5 aliphatic heterocycles. The predicted molar refractivity (Wildman–Crippen MR) is 208 cm³/mol. The van der Waals surface area contributed by atoms with Crippen LogP contribution in [0.4, 0.5) is 0 Å². The van der Waals surface area contributed by atoms with Gasteiger partial charge in [0.1, 0.15) is 0 Å². The predicted octanol–water partition coefficient (Wildman–Crippen LogP) is 2.87. The van der Waals surface area contributed by atoms with Crippen molar-refractivity contribution >= 4 is 70.6 Å². The molecule has 0 aromatic carbocycles. The number of nitrogens with zero attached hydrogens (tertiary/aromatic N) is 4. The molecule has 0 saturated heterocycles. The van der Waals surface area contributed by atoms with Crippen LogP contribution >= 0.6 is 0 Å². The van der Waals surface area contributed by atoms with E-state index in [9.17, 15) is 84.3 Å². The van der Waals surface area contributed by atoms with Gasteiger partial charge in [-0.05, 0) is 89.0 Å². The van der Waals surface area contributed by atoms with Crippen molar-refractivity contribution in [3.05, 3.63) is 91.7 Å². The lowest BCUT2D eigenvalue weighted by atomic mass is 9.91. The zero-order chi connectivity index (χ0) is 44.9. The fourth-order valence-electron chi connectivity index (χ4n) is 7.24. The number of carbonyl (C=O) groups is 8. The fourth-order valence-corrected chi connectivity index (χ4v) is 7.24. The molecular formula is C40H36N4O17. The van der Waals surface area contributed by atoms with Crippen molar-refractivity contribution in [2.45, 2.75) is 76.7 Å². The highest BCUT2D eigenvalue weighted by Crippen LogP contribution is 2.41. The summed E-state index contributed by atoms with van der Waals surface area (Å²) in [4.78, 5) is 115. The Morgan fingerprint density at radius 3 is 0.918 bits per heavy atom. The Labute approximate surface area is 342 Å². The highest BCUT2D eigenvalue weighted by molar-refractivity contribution is 6.22. The average Bonchev–Trinajstić information content (AvgIpc) is 3.84. The molecule has 0 saturated carbocycles. The first-order valence-corrected chi connectivity index (χ1v) is 18.3. The normalized spacial score (nSPS) is 17.5. The Morgan fingerprint density at radius 1 is 0.377 bits per heavy atom. The lowest BCUT2D eigenvalue weighted by molar-refractivity contribution is -0.144. The zero-order valence-electron chi connectivity index (χ0n) is 31.7. The van der Waals surface area contributed by atoms with Crippen LogP contribution in [0.5, 0.6) is 0 Å². The van der Waals surface area contributed by atoms with Crippen molar-refractivity contribution in [3.63, 3.8) is 0 Å². The quantitative estimate of drug-likeness (QED) is 0.0850. The number of aliphatic hydroxyl groups is 1. The summed E-state index contributed by atoms with van der Waals surface area (Å²) in [6, 6.07) is 0. The second-order valence-electron chi connectivity index (χ2n) is 13.9. The summed E-state index contributed by atoms with van der Waals surface area (Å²) in [5.74, 6) is -11.2. The summed E-state index contributed by atoms with van der Waals surface area (Å²) in [7, 11) is 0. The Bertz CT molecular complexity index is 2460. The molecule has 0 amide bonds. The molecule has 0 aromatic rings. The number of hydrogen-bond acceptors (Lipinski definition) is 13. The van der Waals surface area contributed by atoms with Crippen LogP contribution in [0.15, 0.2) is 112 Å². The first kappa shape index (κ1) is 44.4. The van der Waals surface area contributed by atoms with E-state index in [0.29, 0.717) is 0 Å². The molecule has 0 aromatic heterocycles. The van der Waals surface area contributed by atoms with Crippen molar-refractivity contribution in [3.8, 4) is 0 Å². The number of aliphatic hydroxyl groups excluding tert-OH is 1. The second kappa shape index (κ2) is 18.5. The molecule has 0 radical (unpaired) electrons. The lowest BCUT2D eigenvalue weighted by Crippen LogP contribution is -2.26. The van der Waals surface area contributed by atoms with Crippen molar-refractivity contribution in [1.29, 1.82) is 0 Å². The maximum absolute atomic E-state index is 12.4. The topological polar surface area (TPSA) is 368 Å². The average molecular weight is 845 g/mol. The Balaban J connectivity index is 1.97. The van der Waals surface area contributed by atoms with E-state index in [1.54, 1.807) is 0 Å². The summed E-state index contributed by atoms with van der Waals surface area (Å²) in [5, 5.41) is 89.6. The third kappa shape index (κ3) is 10.5.